The molecule has 30 heavy (non-hydrogen) atoms. The molecule has 1 aliphatic rings. The van der Waals surface area contributed by atoms with Crippen molar-refractivity contribution in [2.45, 2.75) is 24.8 Å². The number of nitrogens with one attached hydrogen (secondary N) is 1. The minimum absolute atomic E-state index is 0.0492. The van der Waals surface area contributed by atoms with Crippen molar-refractivity contribution in [3.05, 3.63) is 108 Å². The van der Waals surface area contributed by atoms with Gasteiger partial charge in [-0.15, -0.1) is 0 Å². The highest BCUT2D eigenvalue weighted by molar-refractivity contribution is 5.94. The SMILES string of the molecule is O=C(NC1CCN(C(=O)C(c2ccccc2)c2ccccc2)CC1)c1ccccc1. The second-order valence-corrected chi connectivity index (χ2v) is 7.69. The van der Waals surface area contributed by atoms with Crippen LogP contribution in [0, 0.1) is 0 Å². The summed E-state index contributed by atoms with van der Waals surface area (Å²) in [5.74, 6) is -0.227. The van der Waals surface area contributed by atoms with Crippen molar-refractivity contribution < 1.29 is 9.59 Å². The van der Waals surface area contributed by atoms with Crippen LogP contribution in [0.1, 0.15) is 40.2 Å². The van der Waals surface area contributed by atoms with Gasteiger partial charge in [0, 0.05) is 24.7 Å². The van der Waals surface area contributed by atoms with Gasteiger partial charge in [-0.3, -0.25) is 9.59 Å². The van der Waals surface area contributed by atoms with E-state index >= 15 is 0 Å². The molecule has 0 bridgehead atoms. The van der Waals surface area contributed by atoms with Crippen LogP contribution in [0.4, 0.5) is 0 Å². The van der Waals surface area contributed by atoms with E-state index in [1.807, 2.05) is 95.9 Å². The molecule has 0 unspecified atom stereocenters. The van der Waals surface area contributed by atoms with E-state index in [1.54, 1.807) is 0 Å². The Morgan fingerprint density at radius 3 is 1.70 bits per heavy atom. The highest BCUT2D eigenvalue weighted by Gasteiger charge is 2.30. The zero-order valence-corrected chi connectivity index (χ0v) is 16.9. The minimum atomic E-state index is -0.303. The van der Waals surface area contributed by atoms with Gasteiger partial charge >= 0.3 is 0 Å². The number of rotatable bonds is 5. The molecule has 4 heteroatoms. The van der Waals surface area contributed by atoms with Gasteiger partial charge in [0.05, 0.1) is 5.92 Å². The first-order valence-corrected chi connectivity index (χ1v) is 10.5. The van der Waals surface area contributed by atoms with Gasteiger partial charge in [-0.25, -0.2) is 0 Å². The fourth-order valence-corrected chi connectivity index (χ4v) is 4.05. The summed E-state index contributed by atoms with van der Waals surface area (Å²) in [5.41, 5.74) is 2.69. The first-order valence-electron chi connectivity index (χ1n) is 10.5. The Bertz CT molecular complexity index is 926. The molecule has 1 N–H and O–H groups in total. The maximum absolute atomic E-state index is 13.5. The standard InChI is InChI=1S/C26H26N2O2/c29-25(22-14-8-3-9-15-22)27-23-16-18-28(19-17-23)26(30)24(20-10-4-1-5-11-20)21-12-6-2-7-13-21/h1-15,23-24H,16-19H2,(H,27,29). The van der Waals surface area contributed by atoms with Gasteiger partial charge in [0.2, 0.25) is 5.91 Å². The molecule has 4 rings (SSSR count). The van der Waals surface area contributed by atoms with Crippen LogP contribution >= 0.6 is 0 Å². The first kappa shape index (κ1) is 19.9. The first-order chi connectivity index (χ1) is 14.7. The highest BCUT2D eigenvalue weighted by Crippen LogP contribution is 2.28. The molecule has 3 aromatic rings. The van der Waals surface area contributed by atoms with E-state index in [-0.39, 0.29) is 23.8 Å². The molecule has 1 heterocycles. The Kier molecular flexibility index (Phi) is 6.23. The molecule has 0 radical (unpaired) electrons. The number of nitrogens with zero attached hydrogens (tertiary/aromatic N) is 1. The molecule has 4 nitrogen and oxygen atoms in total. The molecule has 0 saturated carbocycles. The predicted octanol–water partition coefficient (Wildman–Crippen LogP) is 4.24. The Morgan fingerprint density at radius 2 is 1.20 bits per heavy atom. The van der Waals surface area contributed by atoms with Crippen LogP contribution in [0.2, 0.25) is 0 Å². The minimum Gasteiger partial charge on any atom is -0.349 e. The van der Waals surface area contributed by atoms with Gasteiger partial charge in [-0.05, 0) is 36.1 Å². The molecule has 1 fully saturated rings. The van der Waals surface area contributed by atoms with Gasteiger partial charge in [0.1, 0.15) is 0 Å². The molecule has 3 aromatic carbocycles. The second kappa shape index (κ2) is 9.40. The quantitative estimate of drug-likeness (QED) is 0.699. The fraction of sp³-hybridized carbons (Fsp3) is 0.231. The number of hydrogen-bond acceptors (Lipinski definition) is 2. The lowest BCUT2D eigenvalue weighted by Crippen LogP contribution is -2.47. The van der Waals surface area contributed by atoms with E-state index in [2.05, 4.69) is 5.32 Å². The number of amides is 2. The Hall–Kier alpha value is -3.40. The third-order valence-electron chi connectivity index (χ3n) is 5.69. The van der Waals surface area contributed by atoms with Crippen LogP contribution in [0.3, 0.4) is 0 Å². The van der Waals surface area contributed by atoms with Gasteiger partial charge < -0.3 is 10.2 Å². The van der Waals surface area contributed by atoms with Crippen LogP contribution in [-0.2, 0) is 4.79 Å². The Labute approximate surface area is 177 Å². The lowest BCUT2D eigenvalue weighted by molar-refractivity contribution is -0.132. The zero-order chi connectivity index (χ0) is 20.8. The van der Waals surface area contributed by atoms with Crippen molar-refractivity contribution in [2.75, 3.05) is 13.1 Å². The molecule has 0 aliphatic carbocycles. The number of hydrogen-bond donors (Lipinski definition) is 1. The monoisotopic (exact) mass is 398 g/mol. The summed E-state index contributed by atoms with van der Waals surface area (Å²) in [6, 6.07) is 29.3. The number of piperidine rings is 1. The largest absolute Gasteiger partial charge is 0.349 e. The average molecular weight is 399 g/mol. The van der Waals surface area contributed by atoms with Crippen molar-refractivity contribution in [2.24, 2.45) is 0 Å². The molecular weight excluding hydrogens is 372 g/mol. The lowest BCUT2D eigenvalue weighted by Gasteiger charge is -2.35. The Morgan fingerprint density at radius 1 is 0.733 bits per heavy atom. The van der Waals surface area contributed by atoms with Crippen LogP contribution in [-0.4, -0.2) is 35.8 Å². The predicted molar refractivity (Wildman–Crippen MR) is 118 cm³/mol. The number of likely N-dealkylation sites (tertiary alicyclic amines) is 1. The van der Waals surface area contributed by atoms with Gasteiger partial charge in [0.15, 0.2) is 0 Å². The van der Waals surface area contributed by atoms with Crippen LogP contribution in [0.25, 0.3) is 0 Å². The summed E-state index contributed by atoms with van der Waals surface area (Å²) in [4.78, 5) is 27.8. The summed E-state index contributed by atoms with van der Waals surface area (Å²) < 4.78 is 0. The molecule has 1 aliphatic heterocycles. The lowest BCUT2D eigenvalue weighted by atomic mass is 9.89. The molecule has 1 saturated heterocycles. The second-order valence-electron chi connectivity index (χ2n) is 7.69. The fourth-order valence-electron chi connectivity index (χ4n) is 4.05. The van der Waals surface area contributed by atoms with E-state index in [1.165, 1.54) is 0 Å². The zero-order valence-electron chi connectivity index (χ0n) is 16.9. The summed E-state index contributed by atoms with van der Waals surface area (Å²) in [5, 5.41) is 3.11. The average Bonchev–Trinajstić information content (AvgIpc) is 2.81. The van der Waals surface area contributed by atoms with Crippen molar-refractivity contribution in [3.63, 3.8) is 0 Å². The number of carbonyl (C=O) groups excluding carboxylic acids is 2. The summed E-state index contributed by atoms with van der Waals surface area (Å²) in [6.07, 6.45) is 1.53. The van der Waals surface area contributed by atoms with Crippen LogP contribution in [0.15, 0.2) is 91.0 Å². The topological polar surface area (TPSA) is 49.4 Å². The molecule has 0 spiro atoms. The third-order valence-corrected chi connectivity index (χ3v) is 5.69. The van der Waals surface area contributed by atoms with Crippen molar-refractivity contribution in [1.29, 1.82) is 0 Å². The van der Waals surface area contributed by atoms with E-state index in [4.69, 9.17) is 0 Å². The normalized spacial score (nSPS) is 14.5. The molecule has 0 atom stereocenters. The van der Waals surface area contributed by atoms with Gasteiger partial charge in [-0.2, -0.15) is 0 Å². The summed E-state index contributed by atoms with van der Waals surface area (Å²) >= 11 is 0. The van der Waals surface area contributed by atoms with E-state index < -0.39 is 0 Å². The number of carbonyl (C=O) groups is 2. The van der Waals surface area contributed by atoms with E-state index in [0.29, 0.717) is 18.7 Å². The van der Waals surface area contributed by atoms with Crippen molar-refractivity contribution >= 4 is 11.8 Å². The Balaban J connectivity index is 1.43. The summed E-state index contributed by atoms with van der Waals surface area (Å²) in [6.45, 7) is 1.30. The highest BCUT2D eigenvalue weighted by atomic mass is 16.2. The molecular formula is C26H26N2O2. The van der Waals surface area contributed by atoms with Crippen molar-refractivity contribution in [1.82, 2.24) is 10.2 Å². The summed E-state index contributed by atoms with van der Waals surface area (Å²) in [7, 11) is 0. The van der Waals surface area contributed by atoms with Gasteiger partial charge in [-0.1, -0.05) is 78.9 Å². The van der Waals surface area contributed by atoms with E-state index in [9.17, 15) is 9.59 Å². The maximum atomic E-state index is 13.5. The molecule has 2 amide bonds. The van der Waals surface area contributed by atoms with E-state index in [0.717, 1.165) is 24.0 Å². The van der Waals surface area contributed by atoms with Gasteiger partial charge in [0.25, 0.3) is 5.91 Å². The van der Waals surface area contributed by atoms with Crippen LogP contribution < -0.4 is 5.32 Å². The maximum Gasteiger partial charge on any atom is 0.251 e. The smallest absolute Gasteiger partial charge is 0.251 e. The van der Waals surface area contributed by atoms with Crippen LogP contribution in [0.5, 0.6) is 0 Å². The van der Waals surface area contributed by atoms with Crippen molar-refractivity contribution in [3.8, 4) is 0 Å². The number of benzene rings is 3. The molecule has 0 aromatic heterocycles. The third kappa shape index (κ3) is 4.60. The molecule has 152 valence electrons.